The van der Waals surface area contributed by atoms with Crippen molar-refractivity contribution in [2.75, 3.05) is 37.8 Å². The Morgan fingerprint density at radius 2 is 1.88 bits per heavy atom. The minimum Gasteiger partial charge on any atom is -0.506 e. The minimum absolute atomic E-state index is 0.00903. The molecule has 25 heavy (non-hydrogen) atoms. The number of aromatic hydroxyl groups is 1. The van der Waals surface area contributed by atoms with Crippen LogP contribution in [0, 0.1) is 0 Å². The molecule has 2 rings (SSSR count). The summed E-state index contributed by atoms with van der Waals surface area (Å²) in [6.45, 7) is 1.16. The summed E-state index contributed by atoms with van der Waals surface area (Å²) >= 11 is 0. The third-order valence-electron chi connectivity index (χ3n) is 3.44. The van der Waals surface area contributed by atoms with Gasteiger partial charge in [-0.3, -0.25) is 4.79 Å². The van der Waals surface area contributed by atoms with Crippen molar-refractivity contribution in [3.05, 3.63) is 29.5 Å². The van der Waals surface area contributed by atoms with E-state index in [-0.39, 0.29) is 42.0 Å². The smallest absolute Gasteiger partial charge is 0.355 e. The Balaban J connectivity index is 2.54. The summed E-state index contributed by atoms with van der Waals surface area (Å²) in [5.41, 5.74) is 0.539. The second-order valence-electron chi connectivity index (χ2n) is 5.10. The van der Waals surface area contributed by atoms with Gasteiger partial charge in [0, 0.05) is 12.6 Å². The first kappa shape index (κ1) is 18.3. The molecule has 0 aliphatic carbocycles. The maximum absolute atomic E-state index is 12.2. The number of phenolic OH excluding ortho intramolecular Hbond substituents is 1. The van der Waals surface area contributed by atoms with E-state index in [1.165, 1.54) is 44.2 Å². The van der Waals surface area contributed by atoms with Crippen LogP contribution >= 0.6 is 0 Å². The monoisotopic (exact) mass is 350 g/mol. The molecule has 134 valence electrons. The van der Waals surface area contributed by atoms with Gasteiger partial charge >= 0.3 is 11.9 Å². The number of nitrogens with one attached hydrogen (secondary N) is 1. The van der Waals surface area contributed by atoms with Crippen LogP contribution in [-0.2, 0) is 28.6 Å². The van der Waals surface area contributed by atoms with E-state index in [0.29, 0.717) is 5.69 Å². The van der Waals surface area contributed by atoms with Crippen LogP contribution in [0.1, 0.15) is 6.92 Å². The van der Waals surface area contributed by atoms with Crippen molar-refractivity contribution in [3.8, 4) is 5.75 Å². The second kappa shape index (κ2) is 7.67. The molecule has 0 radical (unpaired) electrons. The molecule has 0 saturated heterocycles. The lowest BCUT2D eigenvalue weighted by molar-refractivity contribution is -0.140. The summed E-state index contributed by atoms with van der Waals surface area (Å²) in [6.07, 6.45) is 0. The average molecular weight is 350 g/mol. The van der Waals surface area contributed by atoms with Gasteiger partial charge in [0.25, 0.3) is 0 Å². The molecule has 2 N–H and O–H groups in total. The van der Waals surface area contributed by atoms with Crippen LogP contribution in [0.5, 0.6) is 5.75 Å². The third-order valence-corrected chi connectivity index (χ3v) is 3.44. The van der Waals surface area contributed by atoms with Crippen LogP contribution in [0.4, 0.5) is 11.4 Å². The lowest BCUT2D eigenvalue weighted by Gasteiger charge is -2.31. The van der Waals surface area contributed by atoms with Crippen molar-refractivity contribution < 1.29 is 33.7 Å². The average Bonchev–Trinajstić information content (AvgIpc) is 2.61. The Hall–Kier alpha value is -3.07. The molecule has 0 bridgehead atoms. The van der Waals surface area contributed by atoms with E-state index in [0.717, 1.165) is 0 Å². The van der Waals surface area contributed by atoms with Crippen molar-refractivity contribution in [1.29, 1.82) is 0 Å². The highest BCUT2D eigenvalue weighted by atomic mass is 16.5. The first-order valence-corrected chi connectivity index (χ1v) is 7.24. The zero-order valence-electron chi connectivity index (χ0n) is 14.0. The molecule has 1 aliphatic heterocycles. The van der Waals surface area contributed by atoms with Crippen molar-refractivity contribution in [3.63, 3.8) is 0 Å². The number of carbonyl (C=O) groups excluding carboxylic acids is 3. The van der Waals surface area contributed by atoms with E-state index in [9.17, 15) is 19.5 Å². The van der Waals surface area contributed by atoms with E-state index >= 15 is 0 Å². The number of carbonyl (C=O) groups is 3. The summed E-state index contributed by atoms with van der Waals surface area (Å²) in [5, 5.41) is 12.3. The molecule has 0 unspecified atom stereocenters. The largest absolute Gasteiger partial charge is 0.506 e. The summed E-state index contributed by atoms with van der Waals surface area (Å²) in [5.74, 6) is -1.97. The predicted octanol–water partition coefficient (Wildman–Crippen LogP) is 0.745. The van der Waals surface area contributed by atoms with Gasteiger partial charge in [-0.1, -0.05) is 0 Å². The van der Waals surface area contributed by atoms with E-state index < -0.39 is 11.9 Å². The fourth-order valence-corrected chi connectivity index (χ4v) is 2.33. The number of rotatable bonds is 4. The molecule has 9 heteroatoms. The van der Waals surface area contributed by atoms with Gasteiger partial charge in [0.1, 0.15) is 18.2 Å². The first-order chi connectivity index (χ1) is 11.9. The van der Waals surface area contributed by atoms with Crippen LogP contribution in [0.3, 0.4) is 0 Å². The number of phenols is 1. The number of hydrogen-bond donors (Lipinski definition) is 2. The molecule has 9 nitrogen and oxygen atoms in total. The zero-order valence-corrected chi connectivity index (χ0v) is 14.0. The molecule has 1 aromatic rings. The number of hydrogen-bond acceptors (Lipinski definition) is 8. The van der Waals surface area contributed by atoms with Gasteiger partial charge in [-0.15, -0.1) is 0 Å². The highest BCUT2D eigenvalue weighted by Crippen LogP contribution is 2.32. The van der Waals surface area contributed by atoms with Gasteiger partial charge in [-0.05, 0) is 18.2 Å². The standard InChI is InChI=1S/C16H18N2O7/c1-9(19)17-12-6-10(4-5-13(12)20)18-8-25-7-11(15(21)23-2)14(18)16(22)24-3/h4-6,20H,7-8H2,1-3H3,(H,17,19). The van der Waals surface area contributed by atoms with Crippen molar-refractivity contribution in [2.45, 2.75) is 6.92 Å². The summed E-state index contributed by atoms with van der Waals surface area (Å²) in [4.78, 5) is 36.8. The van der Waals surface area contributed by atoms with Crippen molar-refractivity contribution in [1.82, 2.24) is 0 Å². The quantitative estimate of drug-likeness (QED) is 0.604. The van der Waals surface area contributed by atoms with Gasteiger partial charge < -0.3 is 29.5 Å². The maximum atomic E-state index is 12.2. The number of anilines is 2. The Morgan fingerprint density at radius 1 is 1.20 bits per heavy atom. The molecule has 0 fully saturated rings. The number of ether oxygens (including phenoxy) is 3. The highest BCUT2D eigenvalue weighted by molar-refractivity contribution is 6.03. The van der Waals surface area contributed by atoms with Crippen molar-refractivity contribution in [2.24, 2.45) is 0 Å². The molecule has 0 aromatic heterocycles. The molecular weight excluding hydrogens is 332 g/mol. The Bertz CT molecular complexity index is 742. The Morgan fingerprint density at radius 3 is 2.48 bits per heavy atom. The fourth-order valence-electron chi connectivity index (χ4n) is 2.33. The van der Waals surface area contributed by atoms with E-state index in [4.69, 9.17) is 9.47 Å². The normalized spacial score (nSPS) is 14.1. The summed E-state index contributed by atoms with van der Waals surface area (Å²) < 4.78 is 14.8. The van der Waals surface area contributed by atoms with Crippen LogP contribution in [0.15, 0.2) is 29.5 Å². The lowest BCUT2D eigenvalue weighted by Crippen LogP contribution is -2.38. The molecule has 0 spiro atoms. The zero-order chi connectivity index (χ0) is 18.6. The van der Waals surface area contributed by atoms with Gasteiger partial charge in [0.05, 0.1) is 32.1 Å². The van der Waals surface area contributed by atoms with E-state index in [2.05, 4.69) is 10.1 Å². The number of benzene rings is 1. The lowest BCUT2D eigenvalue weighted by atomic mass is 10.1. The molecular formula is C16H18N2O7. The predicted molar refractivity (Wildman–Crippen MR) is 86.8 cm³/mol. The molecule has 1 amide bonds. The van der Waals surface area contributed by atoms with Crippen LogP contribution in [-0.4, -0.2) is 50.5 Å². The highest BCUT2D eigenvalue weighted by Gasteiger charge is 2.32. The SMILES string of the molecule is COC(=O)C1=C(C(=O)OC)N(c2ccc(O)c(NC(C)=O)c2)COC1. The summed E-state index contributed by atoms with van der Waals surface area (Å²) in [7, 11) is 2.38. The second-order valence-corrected chi connectivity index (χ2v) is 5.10. The van der Waals surface area contributed by atoms with Crippen LogP contribution < -0.4 is 10.2 Å². The van der Waals surface area contributed by atoms with Crippen LogP contribution in [0.2, 0.25) is 0 Å². The molecule has 1 aromatic carbocycles. The fraction of sp³-hybridized carbons (Fsp3) is 0.312. The number of esters is 2. The minimum atomic E-state index is -0.738. The maximum Gasteiger partial charge on any atom is 0.355 e. The third kappa shape index (κ3) is 3.89. The number of methoxy groups -OCH3 is 2. The molecule has 0 atom stereocenters. The first-order valence-electron chi connectivity index (χ1n) is 7.24. The van der Waals surface area contributed by atoms with E-state index in [1.54, 1.807) is 0 Å². The van der Waals surface area contributed by atoms with Gasteiger partial charge in [0.2, 0.25) is 5.91 Å². The number of amides is 1. The molecule has 0 saturated carbocycles. The van der Waals surface area contributed by atoms with Gasteiger partial charge in [0.15, 0.2) is 0 Å². The topological polar surface area (TPSA) is 114 Å². The molecule has 1 heterocycles. The molecule has 1 aliphatic rings. The van der Waals surface area contributed by atoms with Gasteiger partial charge in [-0.25, -0.2) is 9.59 Å². The van der Waals surface area contributed by atoms with E-state index in [1.807, 2.05) is 0 Å². The van der Waals surface area contributed by atoms with Gasteiger partial charge in [-0.2, -0.15) is 0 Å². The summed E-state index contributed by atoms with van der Waals surface area (Å²) in [6, 6.07) is 4.30. The Labute approximate surface area is 143 Å². The number of nitrogens with zero attached hydrogens (tertiary/aromatic N) is 1. The van der Waals surface area contributed by atoms with Crippen molar-refractivity contribution >= 4 is 29.2 Å². The van der Waals surface area contributed by atoms with Crippen LogP contribution in [0.25, 0.3) is 0 Å². The Kier molecular flexibility index (Phi) is 5.60.